The largest absolute Gasteiger partial charge is 0.463 e. The van der Waals surface area contributed by atoms with Crippen molar-refractivity contribution < 1.29 is 13.9 Å². The van der Waals surface area contributed by atoms with Crippen molar-refractivity contribution in [1.29, 1.82) is 0 Å². The van der Waals surface area contributed by atoms with Gasteiger partial charge in [0.1, 0.15) is 16.9 Å². The van der Waals surface area contributed by atoms with E-state index < -0.39 is 17.8 Å². The molecule has 10 heteroatoms. The number of aryl methyl sites for hydroxylation is 1. The Kier molecular flexibility index (Phi) is 6.79. The molecule has 3 rings (SSSR count). The summed E-state index contributed by atoms with van der Waals surface area (Å²) in [5.41, 5.74) is 1.40. The number of allylic oxidation sites excluding steroid dienone is 1. The fourth-order valence-electron chi connectivity index (χ4n) is 2.70. The lowest BCUT2D eigenvalue weighted by Gasteiger charge is -2.26. The first-order valence-corrected chi connectivity index (χ1v) is 10.9. The number of benzene rings is 1. The monoisotopic (exact) mass is 486 g/mol. The number of aromatic nitrogens is 2. The van der Waals surface area contributed by atoms with Crippen LogP contribution in [0.25, 0.3) is 0 Å². The first-order chi connectivity index (χ1) is 13.5. The normalized spacial score (nSPS) is 16.6. The van der Waals surface area contributed by atoms with Crippen molar-refractivity contribution in [3.05, 3.63) is 55.9 Å². The van der Waals surface area contributed by atoms with Crippen LogP contribution in [-0.4, -0.2) is 33.9 Å². The van der Waals surface area contributed by atoms with Crippen molar-refractivity contribution >= 4 is 50.7 Å². The molecule has 0 saturated heterocycles. The molecule has 1 aliphatic rings. The van der Waals surface area contributed by atoms with E-state index in [1.165, 1.54) is 29.5 Å². The summed E-state index contributed by atoms with van der Waals surface area (Å²) < 4.78 is 18.8. The standard InChI is InChI=1S/C18H17BrClFN4O2S/c1-3-13-24-25-17(28-13)16-22-12(8-19)14(18(26)27-4-2)15(23-16)10-6-5-9(21)7-11(10)20/h5-7,15H,3-4,8H2,1-2H3,(H,22,23). The van der Waals surface area contributed by atoms with Gasteiger partial charge in [0.25, 0.3) is 0 Å². The Morgan fingerprint density at radius 3 is 2.79 bits per heavy atom. The number of carbonyl (C=O) groups excluding carboxylic acids is 1. The number of hydrogen-bond donors (Lipinski definition) is 1. The van der Waals surface area contributed by atoms with Crippen LogP contribution < -0.4 is 5.32 Å². The summed E-state index contributed by atoms with van der Waals surface area (Å²) in [4.78, 5) is 17.3. The maximum atomic E-state index is 13.6. The number of carbonyl (C=O) groups is 1. The number of amidine groups is 1. The number of alkyl halides is 1. The van der Waals surface area contributed by atoms with Crippen molar-refractivity contribution in [3.63, 3.8) is 0 Å². The predicted octanol–water partition coefficient (Wildman–Crippen LogP) is 4.20. The fraction of sp³-hybridized carbons (Fsp3) is 0.333. The zero-order chi connectivity index (χ0) is 20.3. The van der Waals surface area contributed by atoms with E-state index in [1.54, 1.807) is 6.92 Å². The van der Waals surface area contributed by atoms with Gasteiger partial charge >= 0.3 is 5.97 Å². The molecule has 1 aliphatic heterocycles. The quantitative estimate of drug-likeness (QED) is 0.488. The smallest absolute Gasteiger partial charge is 0.338 e. The minimum Gasteiger partial charge on any atom is -0.463 e. The summed E-state index contributed by atoms with van der Waals surface area (Å²) in [6.45, 7) is 3.93. The van der Waals surface area contributed by atoms with Gasteiger partial charge in [0, 0.05) is 21.6 Å². The van der Waals surface area contributed by atoms with E-state index in [0.29, 0.717) is 33.0 Å². The Labute approximate surface area is 179 Å². The Hall–Kier alpha value is -1.84. The van der Waals surface area contributed by atoms with Crippen molar-refractivity contribution in [2.24, 2.45) is 4.99 Å². The molecule has 6 nitrogen and oxygen atoms in total. The van der Waals surface area contributed by atoms with Crippen LogP contribution in [0.5, 0.6) is 0 Å². The molecule has 1 N–H and O–H groups in total. The minimum atomic E-state index is -0.759. The second-order valence-electron chi connectivity index (χ2n) is 5.77. The molecule has 1 atom stereocenters. The zero-order valence-electron chi connectivity index (χ0n) is 15.1. The van der Waals surface area contributed by atoms with Crippen LogP contribution in [0.3, 0.4) is 0 Å². The summed E-state index contributed by atoms with van der Waals surface area (Å²) in [6, 6.07) is 3.25. The molecule has 0 bridgehead atoms. The molecule has 2 heterocycles. The number of nitrogens with one attached hydrogen (secondary N) is 1. The molecule has 0 saturated carbocycles. The summed E-state index contributed by atoms with van der Waals surface area (Å²) in [7, 11) is 0. The summed E-state index contributed by atoms with van der Waals surface area (Å²) in [5, 5.41) is 13.5. The molecule has 2 aromatic rings. The summed E-state index contributed by atoms with van der Waals surface area (Å²) >= 11 is 11.1. The second-order valence-corrected chi connectivity index (χ2v) is 7.80. The van der Waals surface area contributed by atoms with Crippen LogP contribution in [-0.2, 0) is 16.0 Å². The molecule has 0 radical (unpaired) electrons. The molecular formula is C18H17BrClFN4O2S. The second kappa shape index (κ2) is 9.11. The van der Waals surface area contributed by atoms with Crippen LogP contribution in [0, 0.1) is 5.82 Å². The minimum absolute atomic E-state index is 0.178. The van der Waals surface area contributed by atoms with E-state index in [-0.39, 0.29) is 11.6 Å². The number of ether oxygens (including phenoxy) is 1. The highest BCUT2D eigenvalue weighted by molar-refractivity contribution is 9.09. The van der Waals surface area contributed by atoms with E-state index in [2.05, 4.69) is 36.4 Å². The molecule has 0 amide bonds. The Morgan fingerprint density at radius 1 is 1.39 bits per heavy atom. The van der Waals surface area contributed by atoms with Gasteiger partial charge in [0.15, 0.2) is 10.8 Å². The maximum absolute atomic E-state index is 13.6. The lowest BCUT2D eigenvalue weighted by molar-refractivity contribution is -0.138. The third kappa shape index (κ3) is 4.26. The van der Waals surface area contributed by atoms with Crippen molar-refractivity contribution in [2.75, 3.05) is 11.9 Å². The lowest BCUT2D eigenvalue weighted by atomic mass is 9.96. The van der Waals surface area contributed by atoms with Gasteiger partial charge in [-0.3, -0.25) is 4.99 Å². The van der Waals surface area contributed by atoms with Gasteiger partial charge in [-0.1, -0.05) is 51.9 Å². The van der Waals surface area contributed by atoms with Crippen LogP contribution in [0.1, 0.15) is 35.5 Å². The van der Waals surface area contributed by atoms with Crippen LogP contribution in [0.2, 0.25) is 5.02 Å². The highest BCUT2D eigenvalue weighted by atomic mass is 79.9. The van der Waals surface area contributed by atoms with E-state index in [4.69, 9.17) is 16.3 Å². The Bertz CT molecular complexity index is 963. The third-order valence-electron chi connectivity index (χ3n) is 3.98. The molecule has 0 aliphatic carbocycles. The van der Waals surface area contributed by atoms with Gasteiger partial charge in [-0.2, -0.15) is 0 Å². The summed E-state index contributed by atoms with van der Waals surface area (Å²) in [5.74, 6) is -0.500. The molecule has 0 spiro atoms. The van der Waals surface area contributed by atoms with Gasteiger partial charge in [-0.25, -0.2) is 9.18 Å². The van der Waals surface area contributed by atoms with Crippen molar-refractivity contribution in [3.8, 4) is 0 Å². The number of hydrogen-bond acceptors (Lipinski definition) is 7. The van der Waals surface area contributed by atoms with Crippen molar-refractivity contribution in [2.45, 2.75) is 26.3 Å². The number of rotatable bonds is 6. The molecule has 1 aromatic heterocycles. The Balaban J connectivity index is 2.14. The van der Waals surface area contributed by atoms with Crippen molar-refractivity contribution in [1.82, 2.24) is 15.5 Å². The SMILES string of the molecule is CCOC(=O)C1=C(CBr)NC(c2nnc(CC)s2)=NC1c1ccc(F)cc1Cl. The number of halogens is 3. The predicted molar refractivity (Wildman–Crippen MR) is 111 cm³/mol. The maximum Gasteiger partial charge on any atom is 0.338 e. The number of aliphatic imine (C=N–C) groups is 1. The Morgan fingerprint density at radius 2 is 2.18 bits per heavy atom. The average Bonchev–Trinajstić information content (AvgIpc) is 3.16. The molecule has 28 heavy (non-hydrogen) atoms. The van der Waals surface area contributed by atoms with Crippen LogP contribution in [0.4, 0.5) is 4.39 Å². The summed E-state index contributed by atoms with van der Waals surface area (Å²) in [6.07, 6.45) is 0.757. The fourth-order valence-corrected chi connectivity index (χ4v) is 4.14. The number of esters is 1. The van der Waals surface area contributed by atoms with E-state index in [1.807, 2.05) is 6.92 Å². The number of nitrogens with zero attached hydrogens (tertiary/aromatic N) is 3. The molecule has 148 valence electrons. The molecule has 0 fully saturated rings. The average molecular weight is 488 g/mol. The van der Waals surface area contributed by atoms with Crippen LogP contribution >= 0.6 is 38.9 Å². The molecule has 1 unspecified atom stereocenters. The first kappa shape index (κ1) is 20.9. The highest BCUT2D eigenvalue weighted by Crippen LogP contribution is 2.37. The van der Waals surface area contributed by atoms with Gasteiger partial charge in [-0.15, -0.1) is 10.2 Å². The first-order valence-electron chi connectivity index (χ1n) is 8.57. The highest BCUT2D eigenvalue weighted by Gasteiger charge is 2.33. The van der Waals surface area contributed by atoms with Gasteiger partial charge in [0.05, 0.1) is 12.2 Å². The van der Waals surface area contributed by atoms with E-state index in [9.17, 15) is 9.18 Å². The van der Waals surface area contributed by atoms with E-state index >= 15 is 0 Å². The lowest BCUT2D eigenvalue weighted by Crippen LogP contribution is -2.34. The topological polar surface area (TPSA) is 76.5 Å². The third-order valence-corrected chi connectivity index (χ3v) is 5.95. The zero-order valence-corrected chi connectivity index (χ0v) is 18.3. The van der Waals surface area contributed by atoms with Gasteiger partial charge in [-0.05, 0) is 25.5 Å². The molecular weight excluding hydrogens is 471 g/mol. The van der Waals surface area contributed by atoms with E-state index in [0.717, 1.165) is 11.4 Å². The van der Waals surface area contributed by atoms with Crippen LogP contribution in [0.15, 0.2) is 34.5 Å². The van der Waals surface area contributed by atoms with Gasteiger partial charge in [0.2, 0.25) is 0 Å². The molecule has 1 aromatic carbocycles. The van der Waals surface area contributed by atoms with Gasteiger partial charge < -0.3 is 10.1 Å².